The topological polar surface area (TPSA) is 111 Å². The number of nitrogens with zero attached hydrogens (tertiary/aromatic N) is 4. The maximum Gasteiger partial charge on any atom is 0.216 e. The van der Waals surface area contributed by atoms with Gasteiger partial charge in [0.1, 0.15) is 17.4 Å². The summed E-state index contributed by atoms with van der Waals surface area (Å²) in [6.45, 7) is 5.88. The van der Waals surface area contributed by atoms with Crippen molar-refractivity contribution in [2.24, 2.45) is 0 Å². The number of phenolic OH excluding ortho intramolecular Hbond substituents is 1. The van der Waals surface area contributed by atoms with E-state index in [-0.39, 0.29) is 23.1 Å². The van der Waals surface area contributed by atoms with E-state index >= 15 is 0 Å². The Balaban J connectivity index is 2.32. The van der Waals surface area contributed by atoms with Crippen molar-refractivity contribution in [2.45, 2.75) is 26.7 Å². The predicted molar refractivity (Wildman–Crippen MR) is 78.3 cm³/mol. The highest BCUT2D eigenvalue weighted by Crippen LogP contribution is 2.31. The van der Waals surface area contributed by atoms with Gasteiger partial charge in [-0.3, -0.25) is 0 Å². The van der Waals surface area contributed by atoms with Crippen LogP contribution < -0.4 is 5.32 Å². The molecule has 0 saturated heterocycles. The molecule has 0 spiro atoms. The maximum absolute atomic E-state index is 9.93. The Hall–Kier alpha value is -2.88. The number of hydrogen-bond acceptors (Lipinski definition) is 6. The molecular weight excluding hydrogens is 268 g/mol. The number of aromatic nitrogens is 4. The van der Waals surface area contributed by atoms with Crippen LogP contribution in [0.4, 0.5) is 5.69 Å². The van der Waals surface area contributed by atoms with Gasteiger partial charge in [-0.25, -0.2) is 0 Å². The first-order chi connectivity index (χ1) is 10.0. The van der Waals surface area contributed by atoms with Crippen molar-refractivity contribution >= 4 is 11.3 Å². The SMILES string of the molecule is Cc1cc(O)c(C(C)C)cc1NC=C(C#N)c1nn[nH]n1. The van der Waals surface area contributed by atoms with Crippen molar-refractivity contribution in [2.75, 3.05) is 5.32 Å². The van der Waals surface area contributed by atoms with Gasteiger partial charge in [0, 0.05) is 11.9 Å². The lowest BCUT2D eigenvalue weighted by atomic mass is 9.99. The second-order valence-corrected chi connectivity index (χ2v) is 4.93. The number of anilines is 1. The Kier molecular flexibility index (Phi) is 4.18. The molecule has 0 aliphatic heterocycles. The number of allylic oxidation sites excluding steroid dienone is 1. The molecule has 0 saturated carbocycles. The summed E-state index contributed by atoms with van der Waals surface area (Å²) >= 11 is 0. The average molecular weight is 284 g/mol. The Morgan fingerprint density at radius 1 is 1.48 bits per heavy atom. The minimum absolute atomic E-state index is 0.197. The van der Waals surface area contributed by atoms with Crippen molar-refractivity contribution in [3.05, 3.63) is 35.3 Å². The van der Waals surface area contributed by atoms with E-state index in [2.05, 4.69) is 25.9 Å². The number of hydrogen-bond donors (Lipinski definition) is 3. The summed E-state index contributed by atoms with van der Waals surface area (Å²) in [7, 11) is 0. The molecule has 0 aliphatic rings. The standard InChI is InChI=1S/C14H16N6O/c1-8(2)11-5-12(9(3)4-13(11)21)16-7-10(6-15)14-17-19-20-18-14/h4-5,7-8,16,21H,1-3H3,(H,17,18,19,20). The lowest BCUT2D eigenvalue weighted by Gasteiger charge is -2.13. The second kappa shape index (κ2) is 6.05. The van der Waals surface area contributed by atoms with E-state index in [0.29, 0.717) is 0 Å². The highest BCUT2D eigenvalue weighted by Gasteiger charge is 2.10. The van der Waals surface area contributed by atoms with Crippen LogP contribution in [0.15, 0.2) is 18.3 Å². The van der Waals surface area contributed by atoms with Crippen molar-refractivity contribution in [3.8, 4) is 11.8 Å². The number of aromatic amines is 1. The number of nitrogens with one attached hydrogen (secondary N) is 2. The third-order valence-corrected chi connectivity index (χ3v) is 3.07. The largest absolute Gasteiger partial charge is 0.508 e. The van der Waals surface area contributed by atoms with Crippen LogP contribution in [0.2, 0.25) is 0 Å². The van der Waals surface area contributed by atoms with E-state index in [0.717, 1.165) is 16.8 Å². The molecule has 0 aliphatic carbocycles. The monoisotopic (exact) mass is 284 g/mol. The summed E-state index contributed by atoms with van der Waals surface area (Å²) in [6.07, 6.45) is 1.52. The average Bonchev–Trinajstić information content (AvgIpc) is 2.95. The van der Waals surface area contributed by atoms with Crippen LogP contribution in [0.3, 0.4) is 0 Å². The number of nitriles is 1. The lowest BCUT2D eigenvalue weighted by molar-refractivity contribution is 0.464. The summed E-state index contributed by atoms with van der Waals surface area (Å²) in [6, 6.07) is 5.58. The summed E-state index contributed by atoms with van der Waals surface area (Å²) in [5.74, 6) is 0.698. The predicted octanol–water partition coefficient (Wildman–Crippen LogP) is 2.31. The van der Waals surface area contributed by atoms with E-state index in [1.807, 2.05) is 32.9 Å². The van der Waals surface area contributed by atoms with E-state index in [9.17, 15) is 5.11 Å². The number of aromatic hydroxyl groups is 1. The van der Waals surface area contributed by atoms with Gasteiger partial charge < -0.3 is 10.4 Å². The van der Waals surface area contributed by atoms with E-state index in [1.54, 1.807) is 6.07 Å². The van der Waals surface area contributed by atoms with Gasteiger partial charge in [-0.1, -0.05) is 13.8 Å². The molecule has 108 valence electrons. The first-order valence-corrected chi connectivity index (χ1v) is 6.47. The normalized spacial score (nSPS) is 11.5. The van der Waals surface area contributed by atoms with Gasteiger partial charge in [0.25, 0.3) is 0 Å². The third kappa shape index (κ3) is 3.17. The molecule has 0 unspecified atom stereocenters. The molecule has 2 rings (SSSR count). The van der Waals surface area contributed by atoms with Crippen molar-refractivity contribution in [1.29, 1.82) is 5.26 Å². The molecule has 1 aromatic heterocycles. The Bertz CT molecular complexity index is 697. The fraction of sp³-hybridized carbons (Fsp3) is 0.286. The number of rotatable bonds is 4. The Labute approximate surface area is 122 Å². The molecule has 7 nitrogen and oxygen atoms in total. The van der Waals surface area contributed by atoms with Crippen molar-refractivity contribution in [3.63, 3.8) is 0 Å². The molecule has 0 radical (unpaired) electrons. The van der Waals surface area contributed by atoms with Gasteiger partial charge in [-0.05, 0) is 41.3 Å². The fourth-order valence-electron chi connectivity index (χ4n) is 1.90. The zero-order chi connectivity index (χ0) is 15.4. The van der Waals surface area contributed by atoms with Crippen LogP contribution in [-0.2, 0) is 0 Å². The van der Waals surface area contributed by atoms with Gasteiger partial charge in [0.15, 0.2) is 0 Å². The van der Waals surface area contributed by atoms with Crippen LogP contribution in [0.25, 0.3) is 5.57 Å². The number of phenols is 1. The highest BCUT2D eigenvalue weighted by atomic mass is 16.3. The van der Waals surface area contributed by atoms with E-state index in [1.165, 1.54) is 6.20 Å². The minimum Gasteiger partial charge on any atom is -0.508 e. The number of H-pyrrole nitrogens is 1. The number of tetrazole rings is 1. The van der Waals surface area contributed by atoms with Gasteiger partial charge in [0.2, 0.25) is 5.82 Å². The summed E-state index contributed by atoms with van der Waals surface area (Å²) in [5.41, 5.74) is 2.79. The molecule has 0 bridgehead atoms. The first kappa shape index (κ1) is 14.5. The molecule has 1 aromatic carbocycles. The van der Waals surface area contributed by atoms with E-state index in [4.69, 9.17) is 5.26 Å². The van der Waals surface area contributed by atoms with Gasteiger partial charge in [0.05, 0.1) is 0 Å². The number of aryl methyl sites for hydroxylation is 1. The summed E-state index contributed by atoms with van der Waals surface area (Å²) < 4.78 is 0. The molecule has 0 amide bonds. The van der Waals surface area contributed by atoms with Gasteiger partial charge in [-0.15, -0.1) is 10.2 Å². The van der Waals surface area contributed by atoms with Crippen LogP contribution in [0.1, 0.15) is 36.7 Å². The molecule has 1 heterocycles. The maximum atomic E-state index is 9.93. The number of benzene rings is 1. The zero-order valence-corrected chi connectivity index (χ0v) is 12.0. The molecular formula is C14H16N6O. The second-order valence-electron chi connectivity index (χ2n) is 4.93. The van der Waals surface area contributed by atoms with Crippen molar-refractivity contribution in [1.82, 2.24) is 20.6 Å². The first-order valence-electron chi connectivity index (χ1n) is 6.47. The lowest BCUT2D eigenvalue weighted by Crippen LogP contribution is -1.98. The molecule has 0 fully saturated rings. The smallest absolute Gasteiger partial charge is 0.216 e. The van der Waals surface area contributed by atoms with E-state index < -0.39 is 0 Å². The van der Waals surface area contributed by atoms with Crippen LogP contribution in [0, 0.1) is 18.3 Å². The van der Waals surface area contributed by atoms with Crippen LogP contribution >= 0.6 is 0 Å². The molecule has 7 heteroatoms. The minimum atomic E-state index is 0.197. The molecule has 2 aromatic rings. The highest BCUT2D eigenvalue weighted by molar-refractivity contribution is 5.74. The van der Waals surface area contributed by atoms with Crippen LogP contribution in [-0.4, -0.2) is 25.7 Å². The van der Waals surface area contributed by atoms with Crippen molar-refractivity contribution < 1.29 is 5.11 Å². The summed E-state index contributed by atoms with van der Waals surface area (Å²) in [4.78, 5) is 0. The van der Waals surface area contributed by atoms with Gasteiger partial charge >= 0.3 is 0 Å². The molecule has 0 atom stereocenters. The zero-order valence-electron chi connectivity index (χ0n) is 12.0. The van der Waals surface area contributed by atoms with Crippen LogP contribution in [0.5, 0.6) is 5.75 Å². The molecule has 3 N–H and O–H groups in total. The Morgan fingerprint density at radius 3 is 2.81 bits per heavy atom. The Morgan fingerprint density at radius 2 is 2.24 bits per heavy atom. The summed E-state index contributed by atoms with van der Waals surface area (Å²) in [5, 5.41) is 35.4. The molecule has 21 heavy (non-hydrogen) atoms. The van der Waals surface area contributed by atoms with Gasteiger partial charge in [-0.2, -0.15) is 10.5 Å². The quantitative estimate of drug-likeness (QED) is 0.587. The third-order valence-electron chi connectivity index (χ3n) is 3.07. The fourth-order valence-corrected chi connectivity index (χ4v) is 1.90.